The SMILES string of the molecule is CC(C)c1cc(Oc2cc(N(C)C)ccc2N)ncn1. The number of ether oxygens (including phenoxy) is 1. The van der Waals surface area contributed by atoms with Gasteiger partial charge in [-0.1, -0.05) is 13.8 Å². The van der Waals surface area contributed by atoms with Gasteiger partial charge in [0.05, 0.1) is 11.4 Å². The fraction of sp³-hybridized carbons (Fsp3) is 0.333. The lowest BCUT2D eigenvalue weighted by atomic mass is 10.1. The first-order valence-corrected chi connectivity index (χ1v) is 6.54. The molecule has 0 unspecified atom stereocenters. The van der Waals surface area contributed by atoms with Gasteiger partial charge in [0.1, 0.15) is 6.33 Å². The predicted molar refractivity (Wildman–Crippen MR) is 81.4 cm³/mol. The minimum atomic E-state index is 0.325. The molecule has 0 aliphatic heterocycles. The molecule has 0 saturated heterocycles. The Morgan fingerprint density at radius 3 is 2.55 bits per heavy atom. The van der Waals surface area contributed by atoms with Crippen molar-refractivity contribution in [2.45, 2.75) is 19.8 Å². The summed E-state index contributed by atoms with van der Waals surface area (Å²) in [6.07, 6.45) is 1.51. The van der Waals surface area contributed by atoms with Crippen molar-refractivity contribution >= 4 is 11.4 Å². The molecule has 106 valence electrons. The van der Waals surface area contributed by atoms with Crippen molar-refractivity contribution < 1.29 is 4.74 Å². The molecule has 0 amide bonds. The van der Waals surface area contributed by atoms with Gasteiger partial charge in [0, 0.05) is 31.9 Å². The summed E-state index contributed by atoms with van der Waals surface area (Å²) in [5.74, 6) is 1.43. The maximum Gasteiger partial charge on any atom is 0.222 e. The predicted octanol–water partition coefficient (Wildman–Crippen LogP) is 3.04. The van der Waals surface area contributed by atoms with E-state index < -0.39 is 0 Å². The minimum Gasteiger partial charge on any atom is -0.437 e. The second-order valence-electron chi connectivity index (χ2n) is 5.15. The number of hydrogen-bond acceptors (Lipinski definition) is 5. The molecule has 5 nitrogen and oxygen atoms in total. The van der Waals surface area contributed by atoms with E-state index in [4.69, 9.17) is 10.5 Å². The molecule has 2 N–H and O–H groups in total. The van der Waals surface area contributed by atoms with Crippen LogP contribution < -0.4 is 15.4 Å². The molecule has 20 heavy (non-hydrogen) atoms. The van der Waals surface area contributed by atoms with Crippen LogP contribution in [0.1, 0.15) is 25.5 Å². The molecule has 0 fully saturated rings. The van der Waals surface area contributed by atoms with E-state index in [2.05, 4.69) is 23.8 Å². The second kappa shape index (κ2) is 5.77. The molecule has 0 spiro atoms. The Labute approximate surface area is 119 Å². The number of rotatable bonds is 4. The number of nitrogens with zero attached hydrogens (tertiary/aromatic N) is 3. The van der Waals surface area contributed by atoms with Crippen LogP contribution in [0.4, 0.5) is 11.4 Å². The Morgan fingerprint density at radius 1 is 1.15 bits per heavy atom. The van der Waals surface area contributed by atoms with Gasteiger partial charge in [0.25, 0.3) is 0 Å². The Bertz CT molecular complexity index is 596. The molecule has 0 radical (unpaired) electrons. The van der Waals surface area contributed by atoms with Crippen molar-refractivity contribution in [3.05, 3.63) is 36.3 Å². The third-order valence-corrected chi connectivity index (χ3v) is 2.98. The standard InChI is InChI=1S/C15H20N4O/c1-10(2)13-8-15(18-9-17-13)20-14-7-11(19(3)4)5-6-12(14)16/h5-10H,16H2,1-4H3. The van der Waals surface area contributed by atoms with Crippen LogP contribution in [-0.2, 0) is 0 Å². The van der Waals surface area contributed by atoms with Gasteiger partial charge in [-0.05, 0) is 18.1 Å². The number of hydrogen-bond donors (Lipinski definition) is 1. The van der Waals surface area contributed by atoms with Gasteiger partial charge in [0.15, 0.2) is 5.75 Å². The van der Waals surface area contributed by atoms with Crippen molar-refractivity contribution in [2.75, 3.05) is 24.7 Å². The minimum absolute atomic E-state index is 0.325. The third-order valence-electron chi connectivity index (χ3n) is 2.98. The molecule has 0 saturated carbocycles. The van der Waals surface area contributed by atoms with Crippen LogP contribution in [0.15, 0.2) is 30.6 Å². The van der Waals surface area contributed by atoms with Crippen molar-refractivity contribution in [2.24, 2.45) is 0 Å². The zero-order valence-electron chi connectivity index (χ0n) is 12.3. The van der Waals surface area contributed by atoms with E-state index in [1.54, 1.807) is 0 Å². The zero-order valence-corrected chi connectivity index (χ0v) is 12.3. The lowest BCUT2D eigenvalue weighted by Crippen LogP contribution is -2.09. The smallest absolute Gasteiger partial charge is 0.222 e. The van der Waals surface area contributed by atoms with Crippen LogP contribution in [-0.4, -0.2) is 24.1 Å². The number of nitrogen functional groups attached to an aromatic ring is 1. The molecule has 1 heterocycles. The average Bonchev–Trinajstić information content (AvgIpc) is 2.41. The van der Waals surface area contributed by atoms with Gasteiger partial charge >= 0.3 is 0 Å². The molecule has 0 aliphatic rings. The Hall–Kier alpha value is -2.30. The van der Waals surface area contributed by atoms with Gasteiger partial charge in [-0.2, -0.15) is 0 Å². The second-order valence-corrected chi connectivity index (χ2v) is 5.15. The molecule has 1 aromatic carbocycles. The van der Waals surface area contributed by atoms with E-state index in [1.165, 1.54) is 6.33 Å². The molecule has 1 aromatic heterocycles. The zero-order chi connectivity index (χ0) is 14.7. The van der Waals surface area contributed by atoms with Crippen LogP contribution in [0.5, 0.6) is 11.6 Å². The first kappa shape index (κ1) is 14.1. The molecule has 0 bridgehead atoms. The van der Waals surface area contributed by atoms with Crippen LogP contribution in [0.2, 0.25) is 0 Å². The summed E-state index contributed by atoms with van der Waals surface area (Å²) in [5, 5.41) is 0. The van der Waals surface area contributed by atoms with Gasteiger partial charge in [-0.25, -0.2) is 9.97 Å². The Balaban J connectivity index is 2.29. The van der Waals surface area contributed by atoms with E-state index in [-0.39, 0.29) is 0 Å². The number of benzene rings is 1. The molecule has 5 heteroatoms. The highest BCUT2D eigenvalue weighted by atomic mass is 16.5. The summed E-state index contributed by atoms with van der Waals surface area (Å²) in [5.41, 5.74) is 8.49. The van der Waals surface area contributed by atoms with E-state index in [1.807, 2.05) is 43.3 Å². The number of anilines is 2. The van der Waals surface area contributed by atoms with Gasteiger partial charge in [0.2, 0.25) is 5.88 Å². The van der Waals surface area contributed by atoms with Crippen LogP contribution in [0.25, 0.3) is 0 Å². The number of nitrogens with two attached hydrogens (primary N) is 1. The van der Waals surface area contributed by atoms with Crippen molar-refractivity contribution in [1.82, 2.24) is 9.97 Å². The van der Waals surface area contributed by atoms with Crippen LogP contribution in [0, 0.1) is 0 Å². The monoisotopic (exact) mass is 272 g/mol. The molecular weight excluding hydrogens is 252 g/mol. The topological polar surface area (TPSA) is 64.3 Å². The molecular formula is C15H20N4O. The Morgan fingerprint density at radius 2 is 1.90 bits per heavy atom. The molecule has 0 aliphatic carbocycles. The highest BCUT2D eigenvalue weighted by molar-refractivity contribution is 5.62. The highest BCUT2D eigenvalue weighted by Gasteiger charge is 2.08. The fourth-order valence-corrected chi connectivity index (χ4v) is 1.73. The fourth-order valence-electron chi connectivity index (χ4n) is 1.73. The normalized spacial score (nSPS) is 10.7. The van der Waals surface area contributed by atoms with Gasteiger partial charge < -0.3 is 15.4 Å². The average molecular weight is 272 g/mol. The maximum atomic E-state index is 5.95. The van der Waals surface area contributed by atoms with Gasteiger partial charge in [-0.15, -0.1) is 0 Å². The summed E-state index contributed by atoms with van der Waals surface area (Å²) >= 11 is 0. The van der Waals surface area contributed by atoms with Crippen LogP contribution >= 0.6 is 0 Å². The highest BCUT2D eigenvalue weighted by Crippen LogP contribution is 2.30. The van der Waals surface area contributed by atoms with Crippen molar-refractivity contribution in [1.29, 1.82) is 0 Å². The summed E-state index contributed by atoms with van der Waals surface area (Å²) in [4.78, 5) is 10.3. The Kier molecular flexibility index (Phi) is 4.08. The van der Waals surface area contributed by atoms with E-state index >= 15 is 0 Å². The number of aromatic nitrogens is 2. The lowest BCUT2D eigenvalue weighted by Gasteiger charge is -2.15. The molecule has 2 aromatic rings. The van der Waals surface area contributed by atoms with E-state index in [9.17, 15) is 0 Å². The lowest BCUT2D eigenvalue weighted by molar-refractivity contribution is 0.461. The molecule has 2 rings (SSSR count). The van der Waals surface area contributed by atoms with E-state index in [0.717, 1.165) is 11.4 Å². The first-order valence-electron chi connectivity index (χ1n) is 6.54. The summed E-state index contributed by atoms with van der Waals surface area (Å²) in [6, 6.07) is 7.51. The van der Waals surface area contributed by atoms with Crippen molar-refractivity contribution in [3.8, 4) is 11.6 Å². The third kappa shape index (κ3) is 3.17. The van der Waals surface area contributed by atoms with Crippen LogP contribution in [0.3, 0.4) is 0 Å². The first-order chi connectivity index (χ1) is 9.47. The molecule has 0 atom stereocenters. The van der Waals surface area contributed by atoms with E-state index in [0.29, 0.717) is 23.2 Å². The summed E-state index contributed by atoms with van der Waals surface area (Å²) < 4.78 is 5.79. The van der Waals surface area contributed by atoms with Gasteiger partial charge in [-0.3, -0.25) is 0 Å². The maximum absolute atomic E-state index is 5.95. The quantitative estimate of drug-likeness (QED) is 0.867. The summed E-state index contributed by atoms with van der Waals surface area (Å²) in [7, 11) is 3.94. The largest absolute Gasteiger partial charge is 0.437 e. The summed E-state index contributed by atoms with van der Waals surface area (Å²) in [6.45, 7) is 4.15. The van der Waals surface area contributed by atoms with Crippen molar-refractivity contribution in [3.63, 3.8) is 0 Å².